The molecule has 14 heavy (non-hydrogen) atoms. The Labute approximate surface area is 92.7 Å². The summed E-state index contributed by atoms with van der Waals surface area (Å²) in [5, 5.41) is 0. The Bertz CT molecular complexity index is 108. The van der Waals surface area contributed by atoms with E-state index in [0.29, 0.717) is 15.8 Å². The fourth-order valence-electron chi connectivity index (χ4n) is 2.20. The summed E-state index contributed by atoms with van der Waals surface area (Å²) in [6, 6.07) is 0. The van der Waals surface area contributed by atoms with Crippen LogP contribution in [0, 0.1) is 0 Å². The van der Waals surface area contributed by atoms with Crippen molar-refractivity contribution in [2.45, 2.75) is 39.5 Å². The second kappa shape index (κ2) is 8.06. The zero-order chi connectivity index (χ0) is 10.2. The molecule has 0 N–H and O–H groups in total. The van der Waals surface area contributed by atoms with Crippen LogP contribution in [-0.2, 0) is 0 Å². The summed E-state index contributed by atoms with van der Waals surface area (Å²) in [5.41, 5.74) is 0. The van der Waals surface area contributed by atoms with Crippen molar-refractivity contribution in [1.29, 1.82) is 0 Å². The highest BCUT2D eigenvalue weighted by Crippen LogP contribution is 2.42. The minimum absolute atomic E-state index is 0.447. The molecule has 1 heterocycles. The average molecular weight is 232 g/mol. The molecule has 0 aromatic rings. The first-order chi connectivity index (χ1) is 6.86. The van der Waals surface area contributed by atoms with Crippen LogP contribution in [0.2, 0.25) is 0 Å². The smallest absolute Gasteiger partial charge is 0.0326 e. The molecule has 0 nitrogen and oxygen atoms in total. The first kappa shape index (κ1) is 12.9. The van der Waals surface area contributed by atoms with Gasteiger partial charge >= 0.3 is 0 Å². The zero-order valence-electron chi connectivity index (χ0n) is 9.97. The highest BCUT2D eigenvalue weighted by molar-refractivity contribution is 7.58. The standard InChI is InChI=1S/C12H26P2/c1-3-13-9-5-7-11-14(4-2)12-8-6-10-13/h3-12H2,1-2H3. The molecule has 0 aromatic heterocycles. The highest BCUT2D eigenvalue weighted by atomic mass is 31.1. The Morgan fingerprint density at radius 3 is 1.14 bits per heavy atom. The Kier molecular flexibility index (Phi) is 7.45. The molecule has 0 atom stereocenters. The van der Waals surface area contributed by atoms with E-state index in [4.69, 9.17) is 0 Å². The van der Waals surface area contributed by atoms with Gasteiger partial charge in [-0.05, 0) is 62.7 Å². The SMILES string of the molecule is CCP1CCCCP(CC)CCCC1. The van der Waals surface area contributed by atoms with Gasteiger partial charge in [0.1, 0.15) is 0 Å². The van der Waals surface area contributed by atoms with Crippen molar-refractivity contribution in [3.05, 3.63) is 0 Å². The third-order valence-electron chi connectivity index (χ3n) is 3.29. The van der Waals surface area contributed by atoms with Crippen LogP contribution < -0.4 is 0 Å². The number of rotatable bonds is 2. The van der Waals surface area contributed by atoms with E-state index in [-0.39, 0.29) is 0 Å². The van der Waals surface area contributed by atoms with E-state index < -0.39 is 0 Å². The van der Waals surface area contributed by atoms with Gasteiger partial charge in [-0.25, -0.2) is 0 Å². The first-order valence-corrected chi connectivity index (χ1v) is 10.1. The lowest BCUT2D eigenvalue weighted by Crippen LogP contribution is -2.01. The molecule has 0 bridgehead atoms. The summed E-state index contributed by atoms with van der Waals surface area (Å²) in [5.74, 6) is 0. The second-order valence-corrected chi connectivity index (χ2v) is 10.0. The molecule has 1 aliphatic rings. The minimum atomic E-state index is 0.447. The van der Waals surface area contributed by atoms with Gasteiger partial charge in [-0.2, -0.15) is 0 Å². The fraction of sp³-hybridized carbons (Fsp3) is 1.00. The van der Waals surface area contributed by atoms with Gasteiger partial charge in [-0.1, -0.05) is 13.8 Å². The lowest BCUT2D eigenvalue weighted by molar-refractivity contribution is 0.849. The van der Waals surface area contributed by atoms with Crippen molar-refractivity contribution in [2.24, 2.45) is 0 Å². The van der Waals surface area contributed by atoms with Gasteiger partial charge in [0.05, 0.1) is 0 Å². The van der Waals surface area contributed by atoms with Crippen LogP contribution in [-0.4, -0.2) is 37.0 Å². The largest absolute Gasteiger partial charge is 0.107 e. The lowest BCUT2D eigenvalue weighted by atomic mass is 10.4. The van der Waals surface area contributed by atoms with Crippen LogP contribution in [0.15, 0.2) is 0 Å². The van der Waals surface area contributed by atoms with Crippen LogP contribution in [0.25, 0.3) is 0 Å². The van der Waals surface area contributed by atoms with E-state index in [2.05, 4.69) is 13.8 Å². The minimum Gasteiger partial charge on any atom is -0.107 e. The molecule has 0 aromatic carbocycles. The van der Waals surface area contributed by atoms with Gasteiger partial charge in [0.25, 0.3) is 0 Å². The fourth-order valence-corrected chi connectivity index (χ4v) is 6.59. The van der Waals surface area contributed by atoms with Crippen LogP contribution in [0.4, 0.5) is 0 Å². The Hall–Kier alpha value is 0.860. The summed E-state index contributed by atoms with van der Waals surface area (Å²) in [4.78, 5) is 0. The van der Waals surface area contributed by atoms with Crippen molar-refractivity contribution in [3.8, 4) is 0 Å². The van der Waals surface area contributed by atoms with E-state index in [1.165, 1.54) is 12.3 Å². The number of hydrogen-bond donors (Lipinski definition) is 0. The van der Waals surface area contributed by atoms with Gasteiger partial charge in [-0.3, -0.25) is 0 Å². The Morgan fingerprint density at radius 1 is 0.643 bits per heavy atom. The van der Waals surface area contributed by atoms with Gasteiger partial charge in [-0.15, -0.1) is 15.8 Å². The van der Waals surface area contributed by atoms with Gasteiger partial charge < -0.3 is 0 Å². The maximum atomic E-state index is 2.40. The quantitative estimate of drug-likeness (QED) is 0.612. The van der Waals surface area contributed by atoms with Crippen molar-refractivity contribution < 1.29 is 0 Å². The van der Waals surface area contributed by atoms with Crippen molar-refractivity contribution in [2.75, 3.05) is 37.0 Å². The maximum Gasteiger partial charge on any atom is -0.0326 e. The molecule has 0 spiro atoms. The molecule has 1 rings (SSSR count). The monoisotopic (exact) mass is 232 g/mol. The summed E-state index contributed by atoms with van der Waals surface area (Å²) in [6.45, 7) is 4.80. The molecule has 0 saturated carbocycles. The zero-order valence-corrected chi connectivity index (χ0v) is 11.8. The lowest BCUT2D eigenvalue weighted by Gasteiger charge is -2.21. The molecular formula is C12H26P2. The average Bonchev–Trinajstić information content (AvgIpc) is 2.25. The van der Waals surface area contributed by atoms with Gasteiger partial charge in [0.2, 0.25) is 0 Å². The van der Waals surface area contributed by atoms with E-state index in [9.17, 15) is 0 Å². The summed E-state index contributed by atoms with van der Waals surface area (Å²) in [6.07, 6.45) is 15.5. The van der Waals surface area contributed by atoms with Gasteiger partial charge in [0, 0.05) is 0 Å². The predicted octanol–water partition coefficient (Wildman–Crippen LogP) is 4.56. The molecule has 1 saturated heterocycles. The molecule has 2 heteroatoms. The summed E-state index contributed by atoms with van der Waals surface area (Å²) in [7, 11) is 0.893. The first-order valence-electron chi connectivity index (χ1n) is 6.31. The Morgan fingerprint density at radius 2 is 0.929 bits per heavy atom. The summed E-state index contributed by atoms with van der Waals surface area (Å²) < 4.78 is 0. The topological polar surface area (TPSA) is 0 Å². The van der Waals surface area contributed by atoms with Gasteiger partial charge in [0.15, 0.2) is 0 Å². The Balaban J connectivity index is 2.26. The molecule has 1 aliphatic heterocycles. The van der Waals surface area contributed by atoms with E-state index in [1.807, 2.05) is 0 Å². The third kappa shape index (κ3) is 5.09. The van der Waals surface area contributed by atoms with E-state index in [0.717, 1.165) is 0 Å². The van der Waals surface area contributed by atoms with Crippen molar-refractivity contribution >= 4 is 15.8 Å². The number of hydrogen-bond acceptors (Lipinski definition) is 0. The third-order valence-corrected chi connectivity index (χ3v) is 8.88. The molecule has 1 fully saturated rings. The molecule has 0 unspecified atom stereocenters. The van der Waals surface area contributed by atoms with Crippen LogP contribution >= 0.6 is 15.8 Å². The maximum absolute atomic E-state index is 2.40. The molecule has 0 radical (unpaired) electrons. The van der Waals surface area contributed by atoms with Crippen LogP contribution in [0.5, 0.6) is 0 Å². The van der Waals surface area contributed by atoms with E-state index in [1.54, 1.807) is 50.3 Å². The molecule has 0 amide bonds. The summed E-state index contributed by atoms with van der Waals surface area (Å²) >= 11 is 0. The van der Waals surface area contributed by atoms with Crippen molar-refractivity contribution in [3.63, 3.8) is 0 Å². The van der Waals surface area contributed by atoms with Crippen LogP contribution in [0.3, 0.4) is 0 Å². The molecule has 0 aliphatic carbocycles. The van der Waals surface area contributed by atoms with Crippen molar-refractivity contribution in [1.82, 2.24) is 0 Å². The van der Waals surface area contributed by atoms with E-state index >= 15 is 0 Å². The normalized spacial score (nSPS) is 31.3. The van der Waals surface area contributed by atoms with Crippen LogP contribution in [0.1, 0.15) is 39.5 Å². The highest BCUT2D eigenvalue weighted by Gasteiger charge is 2.10. The second-order valence-electron chi connectivity index (χ2n) is 4.28. The molecule has 84 valence electrons. The predicted molar refractivity (Wildman–Crippen MR) is 72.9 cm³/mol. The molecular weight excluding hydrogens is 206 g/mol.